The number of rotatable bonds is 1. The quantitative estimate of drug-likeness (QED) is 0.694. The van der Waals surface area contributed by atoms with Crippen molar-refractivity contribution in [1.29, 1.82) is 0 Å². The van der Waals surface area contributed by atoms with Crippen molar-refractivity contribution in [3.05, 3.63) is 69.9 Å². The summed E-state index contributed by atoms with van der Waals surface area (Å²) in [5, 5.41) is 4.78. The molecule has 2 aromatic carbocycles. The van der Waals surface area contributed by atoms with E-state index in [1.165, 1.54) is 26.8 Å². The normalized spacial score (nSPS) is 20.8. The molecule has 3 heteroatoms. The predicted molar refractivity (Wildman–Crippen MR) is 93.4 cm³/mol. The number of nitrogens with two attached hydrogens (primary N) is 1. The van der Waals surface area contributed by atoms with Gasteiger partial charge in [0, 0.05) is 16.8 Å². The minimum Gasteiger partial charge on any atom is -0.321 e. The van der Waals surface area contributed by atoms with Gasteiger partial charge in [-0.15, -0.1) is 23.7 Å². The summed E-state index contributed by atoms with van der Waals surface area (Å²) in [6.45, 7) is 0. The first kappa shape index (κ1) is 14.6. The number of halogens is 1. The van der Waals surface area contributed by atoms with Crippen LogP contribution in [0.1, 0.15) is 22.4 Å². The van der Waals surface area contributed by atoms with E-state index in [1.54, 1.807) is 0 Å². The zero-order valence-electron chi connectivity index (χ0n) is 11.7. The number of hydrogen-bond donors (Lipinski definition) is 1. The highest BCUT2D eigenvalue weighted by Crippen LogP contribution is 2.39. The molecule has 0 spiro atoms. The lowest BCUT2D eigenvalue weighted by Crippen LogP contribution is -2.41. The summed E-state index contributed by atoms with van der Waals surface area (Å²) in [7, 11) is 0. The number of hydrogen-bond acceptors (Lipinski definition) is 2. The van der Waals surface area contributed by atoms with Crippen molar-refractivity contribution in [2.75, 3.05) is 0 Å². The molecular weight excluding hydrogens is 298 g/mol. The molecule has 108 valence electrons. The highest BCUT2D eigenvalue weighted by atomic mass is 35.5. The summed E-state index contributed by atoms with van der Waals surface area (Å²) in [4.78, 5) is 1.46. The predicted octanol–water partition coefficient (Wildman–Crippen LogP) is 4.67. The van der Waals surface area contributed by atoms with Crippen LogP contribution in [0.15, 0.2) is 53.9 Å². The smallest absolute Gasteiger partial charge is 0.0467 e. The molecule has 0 radical (unpaired) electrons. The molecule has 1 nitrogen and oxygen atoms in total. The van der Waals surface area contributed by atoms with Crippen LogP contribution in [0.4, 0.5) is 0 Å². The second-order valence-corrected chi connectivity index (χ2v) is 6.73. The Kier molecular flexibility index (Phi) is 3.78. The zero-order valence-corrected chi connectivity index (χ0v) is 13.3. The summed E-state index contributed by atoms with van der Waals surface area (Å²) >= 11 is 1.85. The molecule has 0 amide bonds. The van der Waals surface area contributed by atoms with Crippen LogP contribution >= 0.6 is 23.7 Å². The molecular formula is C18H18ClNS. The molecule has 0 bridgehead atoms. The van der Waals surface area contributed by atoms with Crippen LogP contribution < -0.4 is 5.73 Å². The molecule has 0 saturated carbocycles. The lowest BCUT2D eigenvalue weighted by atomic mass is 9.76. The first-order chi connectivity index (χ1) is 9.76. The van der Waals surface area contributed by atoms with E-state index < -0.39 is 0 Å². The monoisotopic (exact) mass is 315 g/mol. The molecule has 2 N–H and O–H groups in total. The lowest BCUT2D eigenvalue weighted by molar-refractivity contribution is 0.393. The van der Waals surface area contributed by atoms with Crippen LogP contribution in [0.5, 0.6) is 0 Å². The van der Waals surface area contributed by atoms with Crippen LogP contribution in [0.2, 0.25) is 0 Å². The van der Waals surface area contributed by atoms with Crippen molar-refractivity contribution in [2.24, 2.45) is 5.73 Å². The van der Waals surface area contributed by atoms with E-state index in [9.17, 15) is 0 Å². The molecule has 0 aliphatic heterocycles. The molecule has 4 rings (SSSR count). The zero-order chi connectivity index (χ0) is 13.6. The fourth-order valence-electron chi connectivity index (χ4n) is 3.37. The van der Waals surface area contributed by atoms with Gasteiger partial charge >= 0.3 is 0 Å². The summed E-state index contributed by atoms with van der Waals surface area (Å²) < 4.78 is 0. The van der Waals surface area contributed by atoms with E-state index in [4.69, 9.17) is 5.73 Å². The van der Waals surface area contributed by atoms with E-state index in [2.05, 4.69) is 53.9 Å². The maximum absolute atomic E-state index is 6.83. The molecule has 21 heavy (non-hydrogen) atoms. The Morgan fingerprint density at radius 1 is 1.00 bits per heavy atom. The first-order valence-electron chi connectivity index (χ1n) is 7.09. The van der Waals surface area contributed by atoms with Gasteiger partial charge in [0.2, 0.25) is 0 Å². The second kappa shape index (κ2) is 5.45. The first-order valence-corrected chi connectivity index (χ1v) is 7.97. The maximum atomic E-state index is 6.83. The van der Waals surface area contributed by atoms with E-state index in [1.807, 2.05) is 11.3 Å². The molecule has 0 fully saturated rings. The number of benzene rings is 2. The van der Waals surface area contributed by atoms with E-state index in [0.717, 1.165) is 19.3 Å². The largest absolute Gasteiger partial charge is 0.321 e. The summed E-state index contributed by atoms with van der Waals surface area (Å²) in [6, 6.07) is 17.3. The van der Waals surface area contributed by atoms with Crippen molar-refractivity contribution in [3.8, 4) is 0 Å². The van der Waals surface area contributed by atoms with Gasteiger partial charge in [-0.05, 0) is 46.2 Å². The van der Waals surface area contributed by atoms with Gasteiger partial charge in [0.1, 0.15) is 0 Å². The SMILES string of the molecule is Cl.NC1(c2cccc3ccccc23)CCc2ccsc2C1. The van der Waals surface area contributed by atoms with Crippen molar-refractivity contribution >= 4 is 34.5 Å². The molecule has 1 aromatic heterocycles. The van der Waals surface area contributed by atoms with Crippen molar-refractivity contribution in [1.82, 2.24) is 0 Å². The van der Waals surface area contributed by atoms with Gasteiger partial charge in [-0.3, -0.25) is 0 Å². The van der Waals surface area contributed by atoms with Gasteiger partial charge in [-0.25, -0.2) is 0 Å². The van der Waals surface area contributed by atoms with Gasteiger partial charge in [0.15, 0.2) is 0 Å². The third-order valence-corrected chi connectivity index (χ3v) is 5.44. The number of aryl methyl sites for hydroxylation is 1. The number of thiophene rings is 1. The average molecular weight is 316 g/mol. The van der Waals surface area contributed by atoms with Crippen LogP contribution in [-0.4, -0.2) is 0 Å². The fourth-order valence-corrected chi connectivity index (χ4v) is 4.43. The third kappa shape index (κ3) is 2.38. The van der Waals surface area contributed by atoms with Gasteiger partial charge in [0.25, 0.3) is 0 Å². The molecule has 1 atom stereocenters. The molecule has 1 aliphatic rings. The summed E-state index contributed by atoms with van der Waals surface area (Å²) in [5.41, 5.74) is 9.40. The van der Waals surface area contributed by atoms with Gasteiger partial charge < -0.3 is 5.73 Å². The van der Waals surface area contributed by atoms with Crippen LogP contribution in [-0.2, 0) is 18.4 Å². The molecule has 1 aliphatic carbocycles. The van der Waals surface area contributed by atoms with E-state index >= 15 is 0 Å². The van der Waals surface area contributed by atoms with Gasteiger partial charge in [0.05, 0.1) is 0 Å². The Labute approximate surface area is 135 Å². The van der Waals surface area contributed by atoms with E-state index in [0.29, 0.717) is 0 Å². The van der Waals surface area contributed by atoms with E-state index in [-0.39, 0.29) is 17.9 Å². The Morgan fingerprint density at radius 3 is 2.71 bits per heavy atom. The minimum absolute atomic E-state index is 0. The molecule has 1 unspecified atom stereocenters. The highest BCUT2D eigenvalue weighted by Gasteiger charge is 2.33. The standard InChI is InChI=1S/C18H17NS.ClH/c19-18(10-8-14-9-11-20-17(14)12-18)16-7-3-5-13-4-1-2-6-15(13)16;/h1-7,9,11H,8,10,12,19H2;1H. The van der Waals surface area contributed by atoms with Crippen LogP contribution in [0.25, 0.3) is 10.8 Å². The summed E-state index contributed by atoms with van der Waals surface area (Å²) in [6.07, 6.45) is 3.09. The minimum atomic E-state index is -0.223. The maximum Gasteiger partial charge on any atom is 0.0467 e. The molecule has 0 saturated heterocycles. The Bertz CT molecular complexity index is 774. The van der Waals surface area contributed by atoms with Crippen LogP contribution in [0.3, 0.4) is 0 Å². The van der Waals surface area contributed by atoms with Crippen LogP contribution in [0, 0.1) is 0 Å². The topological polar surface area (TPSA) is 26.0 Å². The number of fused-ring (bicyclic) bond motifs is 2. The van der Waals surface area contributed by atoms with Crippen molar-refractivity contribution < 1.29 is 0 Å². The molecule has 1 heterocycles. The molecule has 3 aromatic rings. The van der Waals surface area contributed by atoms with Crippen molar-refractivity contribution in [2.45, 2.75) is 24.8 Å². The Hall–Kier alpha value is -1.35. The highest BCUT2D eigenvalue weighted by molar-refractivity contribution is 7.10. The second-order valence-electron chi connectivity index (χ2n) is 5.73. The Balaban J connectivity index is 0.00000132. The lowest BCUT2D eigenvalue weighted by Gasteiger charge is -2.34. The summed E-state index contributed by atoms with van der Waals surface area (Å²) in [5.74, 6) is 0. The Morgan fingerprint density at radius 2 is 1.81 bits per heavy atom. The van der Waals surface area contributed by atoms with Gasteiger partial charge in [-0.2, -0.15) is 0 Å². The van der Waals surface area contributed by atoms with Crippen molar-refractivity contribution in [3.63, 3.8) is 0 Å². The third-order valence-electron chi connectivity index (χ3n) is 4.48. The average Bonchev–Trinajstić information content (AvgIpc) is 2.93. The fraction of sp³-hybridized carbons (Fsp3) is 0.222. The van der Waals surface area contributed by atoms with Gasteiger partial charge in [-0.1, -0.05) is 42.5 Å².